The number of nitrogens with zero attached hydrogens (tertiary/aromatic N) is 1. The summed E-state index contributed by atoms with van der Waals surface area (Å²) in [7, 11) is 0. The average molecular weight is 260 g/mol. The second-order valence-electron chi connectivity index (χ2n) is 4.79. The predicted octanol–water partition coefficient (Wildman–Crippen LogP) is 3.65. The number of nitrogens with one attached hydrogen (secondary N) is 1. The van der Waals surface area contributed by atoms with Gasteiger partial charge in [-0.3, -0.25) is 0 Å². The minimum atomic E-state index is 0.0994. The van der Waals surface area contributed by atoms with Crippen molar-refractivity contribution in [2.75, 3.05) is 6.61 Å². The van der Waals surface area contributed by atoms with Crippen LogP contribution in [0.1, 0.15) is 45.6 Å². The van der Waals surface area contributed by atoms with Crippen LogP contribution in [0.25, 0.3) is 0 Å². The van der Waals surface area contributed by atoms with Crippen molar-refractivity contribution < 1.29 is 4.74 Å². The van der Waals surface area contributed by atoms with Crippen LogP contribution in [0.3, 0.4) is 0 Å². The molecule has 1 rings (SSSR count). The molecular formula is C16H24N2O. The second kappa shape index (κ2) is 7.81. The first-order valence-corrected chi connectivity index (χ1v) is 7.03. The van der Waals surface area contributed by atoms with Crippen LogP contribution in [0.4, 0.5) is 0 Å². The molecule has 3 nitrogen and oxygen atoms in total. The predicted molar refractivity (Wildman–Crippen MR) is 78.0 cm³/mol. The van der Waals surface area contributed by atoms with Crippen LogP contribution in [0.2, 0.25) is 0 Å². The Morgan fingerprint density at radius 1 is 1.11 bits per heavy atom. The summed E-state index contributed by atoms with van der Waals surface area (Å²) in [5, 5.41) is 12.1. The van der Waals surface area contributed by atoms with Gasteiger partial charge in [0.15, 0.2) is 6.61 Å². The molecule has 0 aliphatic carbocycles. The highest BCUT2D eigenvalue weighted by Gasteiger charge is 2.22. The van der Waals surface area contributed by atoms with Crippen molar-refractivity contribution in [3.8, 4) is 11.8 Å². The summed E-state index contributed by atoms with van der Waals surface area (Å²) in [6, 6.07) is 9.89. The second-order valence-corrected chi connectivity index (χ2v) is 4.79. The largest absolute Gasteiger partial charge is 0.479 e. The molecule has 3 heteroatoms. The molecule has 0 aromatic heterocycles. The Morgan fingerprint density at radius 3 is 2.16 bits per heavy atom. The summed E-state index contributed by atoms with van der Waals surface area (Å²) in [5.74, 6) is 0.748. The summed E-state index contributed by atoms with van der Waals surface area (Å²) >= 11 is 0. The van der Waals surface area contributed by atoms with E-state index in [2.05, 4.69) is 26.1 Å². The number of nitriles is 1. The van der Waals surface area contributed by atoms with E-state index in [1.54, 1.807) is 0 Å². The number of hydrogen-bond donors (Lipinski definition) is 1. The van der Waals surface area contributed by atoms with Gasteiger partial charge in [-0.05, 0) is 37.0 Å². The van der Waals surface area contributed by atoms with Crippen LogP contribution in [0.5, 0.6) is 5.75 Å². The third-order valence-electron chi connectivity index (χ3n) is 3.92. The van der Waals surface area contributed by atoms with Crippen molar-refractivity contribution in [3.05, 3.63) is 29.8 Å². The quantitative estimate of drug-likeness (QED) is 0.776. The van der Waals surface area contributed by atoms with Crippen LogP contribution in [0, 0.1) is 11.3 Å². The first kappa shape index (κ1) is 15.5. The maximum atomic E-state index is 8.45. The molecule has 1 N–H and O–H groups in total. The molecule has 0 aliphatic heterocycles. The smallest absolute Gasteiger partial charge is 0.174 e. The Morgan fingerprint density at radius 2 is 1.68 bits per heavy atom. The normalized spacial score (nSPS) is 11.1. The molecule has 0 radical (unpaired) electrons. The van der Waals surface area contributed by atoms with Crippen LogP contribution < -0.4 is 10.1 Å². The molecule has 0 saturated heterocycles. The summed E-state index contributed by atoms with van der Waals surface area (Å²) in [5.41, 5.74) is 1.49. The van der Waals surface area contributed by atoms with Gasteiger partial charge < -0.3 is 10.1 Å². The SMILES string of the molecule is CCC(CC)(CC)NCc1ccc(OCC#N)cc1. The molecule has 0 unspecified atom stereocenters. The molecular weight excluding hydrogens is 236 g/mol. The van der Waals surface area contributed by atoms with E-state index in [9.17, 15) is 0 Å². The third-order valence-corrected chi connectivity index (χ3v) is 3.92. The monoisotopic (exact) mass is 260 g/mol. The van der Waals surface area contributed by atoms with E-state index in [0.29, 0.717) is 0 Å². The van der Waals surface area contributed by atoms with E-state index in [-0.39, 0.29) is 12.1 Å². The van der Waals surface area contributed by atoms with E-state index >= 15 is 0 Å². The minimum Gasteiger partial charge on any atom is -0.479 e. The Labute approximate surface area is 116 Å². The van der Waals surface area contributed by atoms with E-state index in [4.69, 9.17) is 10.00 Å². The molecule has 0 saturated carbocycles. The van der Waals surface area contributed by atoms with Crippen molar-refractivity contribution >= 4 is 0 Å². The van der Waals surface area contributed by atoms with Crippen LogP contribution in [-0.2, 0) is 6.54 Å². The zero-order chi connectivity index (χ0) is 14.1. The van der Waals surface area contributed by atoms with Gasteiger partial charge in [0, 0.05) is 12.1 Å². The van der Waals surface area contributed by atoms with E-state index in [0.717, 1.165) is 31.6 Å². The zero-order valence-electron chi connectivity index (χ0n) is 12.2. The number of ether oxygens (including phenoxy) is 1. The van der Waals surface area contributed by atoms with Gasteiger partial charge in [0.25, 0.3) is 0 Å². The fraction of sp³-hybridized carbons (Fsp3) is 0.562. The van der Waals surface area contributed by atoms with Crippen molar-refractivity contribution in [2.45, 2.75) is 52.1 Å². The number of rotatable bonds is 8. The maximum Gasteiger partial charge on any atom is 0.174 e. The van der Waals surface area contributed by atoms with E-state index < -0.39 is 0 Å². The van der Waals surface area contributed by atoms with Crippen molar-refractivity contribution in [2.24, 2.45) is 0 Å². The molecule has 0 aliphatic rings. The lowest BCUT2D eigenvalue weighted by Gasteiger charge is -2.32. The Bertz CT molecular complexity index is 393. The van der Waals surface area contributed by atoms with Crippen molar-refractivity contribution in [1.82, 2.24) is 5.32 Å². The van der Waals surface area contributed by atoms with Crippen molar-refractivity contribution in [1.29, 1.82) is 5.26 Å². The van der Waals surface area contributed by atoms with E-state index in [1.165, 1.54) is 5.56 Å². The molecule has 0 heterocycles. The highest BCUT2D eigenvalue weighted by molar-refractivity contribution is 5.27. The van der Waals surface area contributed by atoms with Crippen LogP contribution in [-0.4, -0.2) is 12.1 Å². The maximum absolute atomic E-state index is 8.45. The Hall–Kier alpha value is -1.53. The van der Waals surface area contributed by atoms with Crippen LogP contribution in [0.15, 0.2) is 24.3 Å². The van der Waals surface area contributed by atoms with E-state index in [1.807, 2.05) is 30.3 Å². The topological polar surface area (TPSA) is 45.0 Å². The van der Waals surface area contributed by atoms with Gasteiger partial charge in [0.1, 0.15) is 11.8 Å². The third kappa shape index (κ3) is 4.57. The van der Waals surface area contributed by atoms with Gasteiger partial charge in [-0.25, -0.2) is 0 Å². The minimum absolute atomic E-state index is 0.0994. The lowest BCUT2D eigenvalue weighted by Crippen LogP contribution is -2.43. The summed E-state index contributed by atoms with van der Waals surface area (Å²) < 4.78 is 5.24. The van der Waals surface area contributed by atoms with Crippen LogP contribution >= 0.6 is 0 Å². The molecule has 0 fully saturated rings. The lowest BCUT2D eigenvalue weighted by atomic mass is 9.89. The molecule has 104 valence electrons. The zero-order valence-corrected chi connectivity index (χ0v) is 12.2. The highest BCUT2D eigenvalue weighted by Crippen LogP contribution is 2.20. The number of hydrogen-bond acceptors (Lipinski definition) is 3. The summed E-state index contributed by atoms with van der Waals surface area (Å²) in [6.45, 7) is 7.67. The fourth-order valence-electron chi connectivity index (χ4n) is 2.23. The first-order chi connectivity index (χ1) is 9.19. The highest BCUT2D eigenvalue weighted by atomic mass is 16.5. The van der Waals surface area contributed by atoms with Gasteiger partial charge in [-0.1, -0.05) is 32.9 Å². The molecule has 0 amide bonds. The molecule has 0 spiro atoms. The fourth-order valence-corrected chi connectivity index (χ4v) is 2.23. The number of benzene rings is 1. The summed E-state index contributed by atoms with van der Waals surface area (Å²) in [4.78, 5) is 0. The molecule has 0 atom stereocenters. The van der Waals surface area contributed by atoms with Gasteiger partial charge in [-0.2, -0.15) is 5.26 Å². The Kier molecular flexibility index (Phi) is 6.38. The van der Waals surface area contributed by atoms with Gasteiger partial charge in [0.05, 0.1) is 0 Å². The van der Waals surface area contributed by atoms with Gasteiger partial charge in [0.2, 0.25) is 0 Å². The molecule has 1 aromatic rings. The first-order valence-electron chi connectivity index (χ1n) is 7.03. The van der Waals surface area contributed by atoms with Gasteiger partial charge >= 0.3 is 0 Å². The standard InChI is InChI=1S/C16H24N2O/c1-4-16(5-2,6-3)18-13-14-7-9-15(10-8-14)19-12-11-17/h7-10,18H,4-6,12-13H2,1-3H3. The molecule has 1 aromatic carbocycles. The Balaban J connectivity index is 2.56. The van der Waals surface area contributed by atoms with Crippen molar-refractivity contribution in [3.63, 3.8) is 0 Å². The average Bonchev–Trinajstić information content (AvgIpc) is 2.48. The lowest BCUT2D eigenvalue weighted by molar-refractivity contribution is 0.288. The molecule has 19 heavy (non-hydrogen) atoms. The van der Waals surface area contributed by atoms with Gasteiger partial charge in [-0.15, -0.1) is 0 Å². The molecule has 0 bridgehead atoms. The summed E-state index contributed by atoms with van der Waals surface area (Å²) in [6.07, 6.45) is 3.43.